The molecule has 30 heavy (non-hydrogen) atoms. The van der Waals surface area contributed by atoms with Gasteiger partial charge in [0.05, 0.1) is 24.1 Å². The predicted octanol–water partition coefficient (Wildman–Crippen LogP) is 4.95. The van der Waals surface area contributed by atoms with Crippen LogP contribution in [0.15, 0.2) is 81.9 Å². The van der Waals surface area contributed by atoms with Gasteiger partial charge in [-0.05, 0) is 42.6 Å². The molecule has 4 aromatic rings. The Kier molecular flexibility index (Phi) is 5.95. The number of benzene rings is 2. The number of thiophene rings is 1. The van der Waals surface area contributed by atoms with E-state index in [1.165, 1.54) is 4.88 Å². The molecule has 2 heterocycles. The largest absolute Gasteiger partial charge is 0.497 e. The van der Waals surface area contributed by atoms with Crippen LogP contribution in [0.1, 0.15) is 17.4 Å². The van der Waals surface area contributed by atoms with E-state index in [-0.39, 0.29) is 5.56 Å². The van der Waals surface area contributed by atoms with Gasteiger partial charge in [0.25, 0.3) is 5.56 Å². The van der Waals surface area contributed by atoms with Crippen molar-refractivity contribution in [2.24, 2.45) is 4.99 Å². The number of ether oxygens (including phenoxy) is 1. The molecule has 0 aliphatic rings. The van der Waals surface area contributed by atoms with Crippen molar-refractivity contribution in [3.05, 3.63) is 92.9 Å². The fraction of sp³-hybridized carbons (Fsp3) is 0.167. The molecule has 0 unspecified atom stereocenters. The Balaban J connectivity index is 1.75. The summed E-state index contributed by atoms with van der Waals surface area (Å²) in [5.74, 6) is 0.744. The summed E-state index contributed by atoms with van der Waals surface area (Å²) in [5.41, 5.74) is 3.69. The number of aromatic amines is 1. The molecule has 0 aliphatic carbocycles. The number of aliphatic imine (C=N–C) groups is 1. The van der Waals surface area contributed by atoms with E-state index in [4.69, 9.17) is 9.73 Å². The first kappa shape index (κ1) is 19.9. The highest BCUT2D eigenvalue weighted by atomic mass is 32.1. The zero-order chi connectivity index (χ0) is 20.9. The highest BCUT2D eigenvalue weighted by molar-refractivity contribution is 7.09. The Bertz CT molecular complexity index is 1190. The van der Waals surface area contributed by atoms with E-state index in [1.54, 1.807) is 23.1 Å². The summed E-state index contributed by atoms with van der Waals surface area (Å²) >= 11 is 1.73. The standard InChI is InChI=1S/C24H23N3O2S/c1-17(25-15-14-21-9-6-16-30-21)22-23(18-7-4-3-5-8-18)26-27(24(22)28)19-10-12-20(29-2)13-11-19/h3-13,16,26H,14-15H2,1-2H3. The number of hydrogen-bond donors (Lipinski definition) is 1. The first-order valence-corrected chi connectivity index (χ1v) is 10.6. The zero-order valence-corrected chi connectivity index (χ0v) is 17.8. The summed E-state index contributed by atoms with van der Waals surface area (Å²) in [4.78, 5) is 19.4. The Morgan fingerprint density at radius 2 is 1.83 bits per heavy atom. The maximum absolute atomic E-state index is 13.4. The number of hydrogen-bond acceptors (Lipinski definition) is 4. The summed E-state index contributed by atoms with van der Waals surface area (Å²) in [6.07, 6.45) is 0.868. The number of aromatic nitrogens is 2. The van der Waals surface area contributed by atoms with E-state index >= 15 is 0 Å². The average Bonchev–Trinajstić information content (AvgIpc) is 3.42. The molecule has 0 bridgehead atoms. The van der Waals surface area contributed by atoms with E-state index in [2.05, 4.69) is 16.5 Å². The highest BCUT2D eigenvalue weighted by Crippen LogP contribution is 2.22. The Morgan fingerprint density at radius 1 is 1.07 bits per heavy atom. The Labute approximate surface area is 179 Å². The Hall–Kier alpha value is -3.38. The van der Waals surface area contributed by atoms with Crippen molar-refractivity contribution in [1.29, 1.82) is 0 Å². The minimum Gasteiger partial charge on any atom is -0.497 e. The quantitative estimate of drug-likeness (QED) is 0.432. The number of nitrogens with one attached hydrogen (secondary N) is 1. The first-order valence-electron chi connectivity index (χ1n) is 9.76. The van der Waals surface area contributed by atoms with Gasteiger partial charge in [-0.25, -0.2) is 4.68 Å². The van der Waals surface area contributed by atoms with Crippen LogP contribution in [0.5, 0.6) is 5.75 Å². The van der Waals surface area contributed by atoms with Crippen LogP contribution in [0.2, 0.25) is 0 Å². The lowest BCUT2D eigenvalue weighted by atomic mass is 10.1. The van der Waals surface area contributed by atoms with Crippen molar-refractivity contribution >= 4 is 17.0 Å². The van der Waals surface area contributed by atoms with Gasteiger partial charge in [0, 0.05) is 29.1 Å². The molecule has 2 aromatic carbocycles. The van der Waals surface area contributed by atoms with Crippen molar-refractivity contribution in [1.82, 2.24) is 9.78 Å². The lowest BCUT2D eigenvalue weighted by Crippen LogP contribution is -2.19. The van der Waals surface area contributed by atoms with Crippen LogP contribution in [0.3, 0.4) is 0 Å². The summed E-state index contributed by atoms with van der Waals surface area (Å²) in [6, 6.07) is 21.4. The van der Waals surface area contributed by atoms with E-state index < -0.39 is 0 Å². The average molecular weight is 418 g/mol. The topological polar surface area (TPSA) is 59.4 Å². The lowest BCUT2D eigenvalue weighted by molar-refractivity contribution is 0.414. The molecule has 2 aromatic heterocycles. The fourth-order valence-electron chi connectivity index (χ4n) is 3.37. The van der Waals surface area contributed by atoms with E-state index in [0.29, 0.717) is 12.1 Å². The van der Waals surface area contributed by atoms with Gasteiger partial charge in [-0.1, -0.05) is 36.4 Å². The van der Waals surface area contributed by atoms with Gasteiger partial charge in [-0.3, -0.25) is 14.9 Å². The maximum atomic E-state index is 13.4. The van der Waals surface area contributed by atoms with Gasteiger partial charge in [0.2, 0.25) is 0 Å². The van der Waals surface area contributed by atoms with E-state index in [0.717, 1.165) is 34.8 Å². The van der Waals surface area contributed by atoms with Crippen molar-refractivity contribution < 1.29 is 4.74 Å². The lowest BCUT2D eigenvalue weighted by Gasteiger charge is -2.04. The summed E-state index contributed by atoms with van der Waals surface area (Å²) in [6.45, 7) is 2.55. The molecule has 0 atom stereocenters. The molecule has 0 radical (unpaired) electrons. The summed E-state index contributed by atoms with van der Waals surface area (Å²) in [5, 5.41) is 5.36. The minimum atomic E-state index is -0.114. The molecule has 0 saturated carbocycles. The van der Waals surface area contributed by atoms with Gasteiger partial charge >= 0.3 is 0 Å². The van der Waals surface area contributed by atoms with Crippen molar-refractivity contribution in [3.63, 3.8) is 0 Å². The van der Waals surface area contributed by atoms with E-state index in [1.807, 2.05) is 67.6 Å². The van der Waals surface area contributed by atoms with Gasteiger partial charge in [0.1, 0.15) is 5.75 Å². The number of nitrogens with zero attached hydrogens (tertiary/aromatic N) is 2. The normalized spacial score (nSPS) is 11.6. The predicted molar refractivity (Wildman–Crippen MR) is 123 cm³/mol. The molecule has 6 heteroatoms. The molecule has 1 N–H and O–H groups in total. The third-order valence-corrected chi connectivity index (χ3v) is 5.87. The van der Waals surface area contributed by atoms with Crippen molar-refractivity contribution in [3.8, 4) is 22.7 Å². The third-order valence-electron chi connectivity index (χ3n) is 4.93. The Morgan fingerprint density at radius 3 is 2.50 bits per heavy atom. The molecule has 0 aliphatic heterocycles. The third kappa shape index (κ3) is 4.14. The molecule has 0 saturated heterocycles. The van der Waals surface area contributed by atoms with Crippen LogP contribution >= 0.6 is 11.3 Å². The summed E-state index contributed by atoms with van der Waals surface area (Å²) < 4.78 is 6.80. The molecule has 0 spiro atoms. The first-order chi connectivity index (χ1) is 14.7. The smallest absolute Gasteiger partial charge is 0.280 e. The molecule has 0 fully saturated rings. The molecular formula is C24H23N3O2S. The monoisotopic (exact) mass is 417 g/mol. The molecule has 152 valence electrons. The second-order valence-corrected chi connectivity index (χ2v) is 7.90. The van der Waals surface area contributed by atoms with E-state index in [9.17, 15) is 4.79 Å². The fourth-order valence-corrected chi connectivity index (χ4v) is 4.07. The van der Waals surface area contributed by atoms with Crippen molar-refractivity contribution in [2.75, 3.05) is 13.7 Å². The van der Waals surface area contributed by atoms with Crippen molar-refractivity contribution in [2.45, 2.75) is 13.3 Å². The van der Waals surface area contributed by atoms with Crippen LogP contribution in [0.4, 0.5) is 0 Å². The maximum Gasteiger partial charge on any atom is 0.280 e. The van der Waals surface area contributed by atoms with Crippen LogP contribution in [-0.4, -0.2) is 29.1 Å². The van der Waals surface area contributed by atoms with Gasteiger partial charge in [0.15, 0.2) is 0 Å². The highest BCUT2D eigenvalue weighted by Gasteiger charge is 2.19. The molecular weight excluding hydrogens is 394 g/mol. The zero-order valence-electron chi connectivity index (χ0n) is 17.0. The molecule has 4 rings (SSSR count). The van der Waals surface area contributed by atoms with Gasteiger partial charge < -0.3 is 4.74 Å². The minimum absolute atomic E-state index is 0.114. The summed E-state index contributed by atoms with van der Waals surface area (Å²) in [7, 11) is 1.62. The van der Waals surface area contributed by atoms with Gasteiger partial charge in [-0.15, -0.1) is 11.3 Å². The number of methoxy groups -OCH3 is 1. The van der Waals surface area contributed by atoms with Crippen LogP contribution in [0.25, 0.3) is 16.9 Å². The van der Waals surface area contributed by atoms with Crippen LogP contribution in [-0.2, 0) is 6.42 Å². The number of rotatable bonds is 7. The van der Waals surface area contributed by atoms with Crippen LogP contribution < -0.4 is 10.3 Å². The molecule has 5 nitrogen and oxygen atoms in total. The van der Waals surface area contributed by atoms with Crippen LogP contribution in [0, 0.1) is 0 Å². The second kappa shape index (κ2) is 8.97. The number of H-pyrrole nitrogens is 1. The molecule has 0 amide bonds. The SMILES string of the molecule is COc1ccc(-n2[nH]c(-c3ccccc3)c(C(C)=NCCc3cccs3)c2=O)cc1. The van der Waals surface area contributed by atoms with Gasteiger partial charge in [-0.2, -0.15) is 0 Å². The second-order valence-electron chi connectivity index (χ2n) is 6.86.